The van der Waals surface area contributed by atoms with Crippen LogP contribution in [-0.2, 0) is 35.1 Å². The molecule has 0 bridgehead atoms. The van der Waals surface area contributed by atoms with E-state index < -0.39 is 23.9 Å². The molecule has 0 fully saturated rings. The van der Waals surface area contributed by atoms with Gasteiger partial charge in [0.2, 0.25) is 5.95 Å². The van der Waals surface area contributed by atoms with Crippen LogP contribution in [0.4, 0.5) is 17.5 Å². The van der Waals surface area contributed by atoms with Crippen molar-refractivity contribution in [3.8, 4) is 0 Å². The fourth-order valence-electron chi connectivity index (χ4n) is 4.25. The summed E-state index contributed by atoms with van der Waals surface area (Å²) in [6.45, 7) is 6.47. The second-order valence-electron chi connectivity index (χ2n) is 9.50. The van der Waals surface area contributed by atoms with E-state index in [1.807, 2.05) is 4.90 Å². The van der Waals surface area contributed by atoms with Crippen molar-refractivity contribution in [2.75, 3.05) is 42.7 Å². The lowest BCUT2D eigenvalue weighted by molar-refractivity contribution is -0.147. The maximum Gasteiger partial charge on any atom is 0.328 e. The number of carbonyl (C=O) groups is 4. The van der Waals surface area contributed by atoms with Crippen LogP contribution in [0.3, 0.4) is 0 Å². The zero-order chi connectivity index (χ0) is 32.1. The molecule has 15 heteroatoms. The summed E-state index contributed by atoms with van der Waals surface area (Å²) in [7, 11) is 0. The minimum Gasteiger partial charge on any atom is -0.466 e. The van der Waals surface area contributed by atoms with Gasteiger partial charge in [-0.2, -0.15) is 9.97 Å². The standard InChI is InChI=1S/C29H38N8O7/c1-4-42-22(38)8-7-15-37(17-19-16-32-26-24(33-19)25(30)35-29(31)36-26)20-11-9-18(10-12-20)27(40)34-21(28(41)44-6-3)13-14-23(39)43-5-2/h9-12,16,21H,4-8,13-15,17H2,1-3H3,(H,34,40)(H4,30,31,32,35,36)/t21-/m0/s1. The first-order valence-corrected chi connectivity index (χ1v) is 14.3. The van der Waals surface area contributed by atoms with Crippen molar-refractivity contribution in [3.05, 3.63) is 41.7 Å². The number of esters is 3. The number of hydrogen-bond donors (Lipinski definition) is 3. The van der Waals surface area contributed by atoms with Gasteiger partial charge in [-0.25, -0.2) is 14.8 Å². The van der Waals surface area contributed by atoms with Crippen LogP contribution in [0.15, 0.2) is 30.5 Å². The summed E-state index contributed by atoms with van der Waals surface area (Å²) in [5.41, 5.74) is 13.8. The van der Waals surface area contributed by atoms with Crippen LogP contribution >= 0.6 is 0 Å². The molecule has 3 aromatic rings. The Morgan fingerprint density at radius 2 is 1.55 bits per heavy atom. The van der Waals surface area contributed by atoms with Gasteiger partial charge in [-0.15, -0.1) is 0 Å². The minimum absolute atomic E-state index is 0.00524. The Labute approximate surface area is 254 Å². The Balaban J connectivity index is 1.78. The molecule has 1 aromatic carbocycles. The van der Waals surface area contributed by atoms with Crippen LogP contribution in [0.25, 0.3) is 11.2 Å². The zero-order valence-electron chi connectivity index (χ0n) is 25.1. The highest BCUT2D eigenvalue weighted by atomic mass is 16.5. The molecule has 0 radical (unpaired) electrons. The normalized spacial score (nSPS) is 11.4. The largest absolute Gasteiger partial charge is 0.466 e. The van der Waals surface area contributed by atoms with Crippen molar-refractivity contribution in [1.82, 2.24) is 25.3 Å². The second kappa shape index (κ2) is 16.5. The van der Waals surface area contributed by atoms with Crippen molar-refractivity contribution in [2.24, 2.45) is 0 Å². The summed E-state index contributed by atoms with van der Waals surface area (Å²) in [5.74, 6) is -1.82. The molecule has 0 aliphatic rings. The molecule has 0 saturated heterocycles. The molecule has 2 aromatic heterocycles. The van der Waals surface area contributed by atoms with E-state index in [9.17, 15) is 19.2 Å². The molecule has 0 spiro atoms. The van der Waals surface area contributed by atoms with E-state index in [0.717, 1.165) is 5.69 Å². The number of nitrogens with zero attached hydrogens (tertiary/aromatic N) is 5. The molecule has 0 unspecified atom stereocenters. The summed E-state index contributed by atoms with van der Waals surface area (Å²) in [6.07, 6.45) is 2.24. The van der Waals surface area contributed by atoms with Gasteiger partial charge in [-0.05, 0) is 57.9 Å². The van der Waals surface area contributed by atoms with E-state index in [2.05, 4.69) is 25.3 Å². The Morgan fingerprint density at radius 3 is 2.20 bits per heavy atom. The first kappa shape index (κ1) is 33.4. The van der Waals surface area contributed by atoms with E-state index in [4.69, 9.17) is 25.7 Å². The van der Waals surface area contributed by atoms with Gasteiger partial charge in [0.05, 0.1) is 38.3 Å². The lowest BCUT2D eigenvalue weighted by Gasteiger charge is -2.25. The number of ether oxygens (including phenoxy) is 3. The van der Waals surface area contributed by atoms with Crippen LogP contribution in [0, 0.1) is 0 Å². The highest BCUT2D eigenvalue weighted by molar-refractivity contribution is 5.97. The van der Waals surface area contributed by atoms with E-state index in [1.165, 1.54) is 0 Å². The molecule has 0 saturated carbocycles. The van der Waals surface area contributed by atoms with Gasteiger partial charge in [0.1, 0.15) is 6.04 Å². The third-order valence-corrected chi connectivity index (χ3v) is 6.28. The van der Waals surface area contributed by atoms with Crippen molar-refractivity contribution >= 4 is 52.4 Å². The van der Waals surface area contributed by atoms with Gasteiger partial charge < -0.3 is 35.9 Å². The van der Waals surface area contributed by atoms with Crippen LogP contribution < -0.4 is 21.7 Å². The molecule has 3 rings (SSSR count). The summed E-state index contributed by atoms with van der Waals surface area (Å²) in [5, 5.41) is 2.65. The number of amides is 1. The van der Waals surface area contributed by atoms with Crippen molar-refractivity contribution in [3.63, 3.8) is 0 Å². The minimum atomic E-state index is -1.02. The number of benzene rings is 1. The summed E-state index contributed by atoms with van der Waals surface area (Å²) in [4.78, 5) is 68.1. The number of hydrogen-bond acceptors (Lipinski definition) is 14. The van der Waals surface area contributed by atoms with Crippen LogP contribution in [0.2, 0.25) is 0 Å². The molecule has 15 nitrogen and oxygen atoms in total. The molecule has 5 N–H and O–H groups in total. The van der Waals surface area contributed by atoms with Crippen LogP contribution in [0.1, 0.15) is 62.5 Å². The van der Waals surface area contributed by atoms with Gasteiger partial charge in [0.15, 0.2) is 17.0 Å². The first-order valence-electron chi connectivity index (χ1n) is 14.3. The Hall–Kier alpha value is -5.08. The number of nitrogens with two attached hydrogens (primary N) is 2. The average Bonchev–Trinajstić information content (AvgIpc) is 2.99. The molecule has 44 heavy (non-hydrogen) atoms. The number of aromatic nitrogens is 4. The SMILES string of the molecule is CCOC(=O)CCCN(Cc1cnc2nc(N)nc(N)c2n1)c1ccc(C(=O)N[C@@H](CCC(=O)OCC)C(=O)OCC)cc1. The molecular weight excluding hydrogens is 572 g/mol. The van der Waals surface area contributed by atoms with Gasteiger partial charge in [0.25, 0.3) is 5.91 Å². The maximum atomic E-state index is 13.0. The summed E-state index contributed by atoms with van der Waals surface area (Å²) in [6, 6.07) is 5.67. The van der Waals surface area contributed by atoms with Gasteiger partial charge in [-0.1, -0.05) is 0 Å². The van der Waals surface area contributed by atoms with Gasteiger partial charge in [0, 0.05) is 30.6 Å². The van der Waals surface area contributed by atoms with E-state index in [-0.39, 0.29) is 55.9 Å². The molecule has 2 heterocycles. The van der Waals surface area contributed by atoms with E-state index in [0.29, 0.717) is 42.9 Å². The van der Waals surface area contributed by atoms with Crippen LogP contribution in [-0.4, -0.2) is 76.2 Å². The Kier molecular flexibility index (Phi) is 12.6. The maximum absolute atomic E-state index is 13.0. The van der Waals surface area contributed by atoms with E-state index in [1.54, 1.807) is 51.2 Å². The lowest BCUT2D eigenvalue weighted by atomic mass is 10.1. The monoisotopic (exact) mass is 610 g/mol. The first-order chi connectivity index (χ1) is 21.1. The zero-order valence-corrected chi connectivity index (χ0v) is 25.1. The summed E-state index contributed by atoms with van der Waals surface area (Å²) < 4.78 is 15.0. The average molecular weight is 611 g/mol. The number of anilines is 3. The smallest absolute Gasteiger partial charge is 0.328 e. The van der Waals surface area contributed by atoms with E-state index >= 15 is 0 Å². The summed E-state index contributed by atoms with van der Waals surface area (Å²) >= 11 is 0. The van der Waals surface area contributed by atoms with Gasteiger partial charge in [-0.3, -0.25) is 14.4 Å². The second-order valence-corrected chi connectivity index (χ2v) is 9.50. The predicted octanol–water partition coefficient (Wildman–Crippen LogP) is 1.94. The third-order valence-electron chi connectivity index (χ3n) is 6.28. The fraction of sp³-hybridized carbons (Fsp3) is 0.448. The number of fused-ring (bicyclic) bond motifs is 1. The quantitative estimate of drug-likeness (QED) is 0.156. The Morgan fingerprint density at radius 1 is 0.886 bits per heavy atom. The van der Waals surface area contributed by atoms with Crippen molar-refractivity contribution < 1.29 is 33.4 Å². The predicted molar refractivity (Wildman–Crippen MR) is 161 cm³/mol. The van der Waals surface area contributed by atoms with Crippen molar-refractivity contribution in [1.29, 1.82) is 0 Å². The number of nitrogens with one attached hydrogen (secondary N) is 1. The lowest BCUT2D eigenvalue weighted by Crippen LogP contribution is -2.42. The Bertz CT molecular complexity index is 1450. The van der Waals surface area contributed by atoms with Crippen LogP contribution in [0.5, 0.6) is 0 Å². The molecule has 0 aliphatic heterocycles. The molecule has 236 valence electrons. The number of rotatable bonds is 16. The topological polar surface area (TPSA) is 215 Å². The molecular formula is C29H38N8O7. The molecule has 0 aliphatic carbocycles. The molecule has 1 atom stereocenters. The van der Waals surface area contributed by atoms with Gasteiger partial charge >= 0.3 is 17.9 Å². The fourth-order valence-corrected chi connectivity index (χ4v) is 4.25. The number of carbonyl (C=O) groups excluding carboxylic acids is 4. The molecule has 1 amide bonds. The van der Waals surface area contributed by atoms with Crippen molar-refractivity contribution in [2.45, 2.75) is 59.0 Å². The third kappa shape index (κ3) is 9.74. The number of nitrogen functional groups attached to an aromatic ring is 2. The highest BCUT2D eigenvalue weighted by Gasteiger charge is 2.24. The highest BCUT2D eigenvalue weighted by Crippen LogP contribution is 2.21.